The second-order valence-corrected chi connectivity index (χ2v) is 15.2. The molecule has 1 unspecified atom stereocenters. The van der Waals surface area contributed by atoms with Crippen molar-refractivity contribution in [3.8, 4) is 0 Å². The smallest absolute Gasteiger partial charge is 0.108 e. The van der Waals surface area contributed by atoms with Crippen LogP contribution in [0.2, 0.25) is 19.6 Å². The van der Waals surface area contributed by atoms with Crippen molar-refractivity contribution in [2.45, 2.75) is 70.3 Å². The van der Waals surface area contributed by atoms with Crippen molar-refractivity contribution in [3.63, 3.8) is 0 Å². The molecule has 3 heteroatoms. The Morgan fingerprint density at radius 1 is 1.25 bits per heavy atom. The van der Waals surface area contributed by atoms with Crippen molar-refractivity contribution >= 4 is 24.1 Å². The summed E-state index contributed by atoms with van der Waals surface area (Å²) in [6.45, 7) is 10.7. The van der Waals surface area contributed by atoms with E-state index in [2.05, 4.69) is 37.8 Å². The van der Waals surface area contributed by atoms with Gasteiger partial charge in [0, 0.05) is 17.5 Å². The normalized spacial score (nSPS) is 18.9. The van der Waals surface area contributed by atoms with E-state index in [-0.39, 0.29) is 0 Å². The summed E-state index contributed by atoms with van der Waals surface area (Å²) in [4.78, 5) is 4.76. The van der Waals surface area contributed by atoms with E-state index in [0.717, 1.165) is 11.8 Å². The third-order valence-corrected chi connectivity index (χ3v) is 7.67. The van der Waals surface area contributed by atoms with Crippen molar-refractivity contribution in [2.75, 3.05) is 6.54 Å². The van der Waals surface area contributed by atoms with Gasteiger partial charge in [0.1, 0.15) is 7.22 Å². The molecule has 1 rings (SSSR count). The fourth-order valence-corrected chi connectivity index (χ4v) is 7.40. The van der Waals surface area contributed by atoms with Gasteiger partial charge >= 0.3 is 0 Å². The quantitative estimate of drug-likeness (QED) is 0.626. The van der Waals surface area contributed by atoms with Gasteiger partial charge < -0.3 is 0 Å². The van der Waals surface area contributed by atoms with Gasteiger partial charge in [-0.05, 0) is 38.5 Å². The molecule has 1 atom stereocenters. The van der Waals surface area contributed by atoms with Gasteiger partial charge in [-0.3, -0.25) is 4.99 Å². The Bertz CT molecular complexity index is 225. The van der Waals surface area contributed by atoms with Crippen molar-refractivity contribution in [1.29, 1.82) is 0 Å². The Kier molecular flexibility index (Phi) is 6.12. The van der Waals surface area contributed by atoms with Gasteiger partial charge in [0.15, 0.2) is 0 Å². The van der Waals surface area contributed by atoms with Crippen LogP contribution < -0.4 is 0 Å². The fourth-order valence-electron chi connectivity index (χ4n) is 2.15. The van der Waals surface area contributed by atoms with Gasteiger partial charge in [-0.25, -0.2) is 0 Å². The first-order chi connectivity index (χ1) is 7.51. The lowest BCUT2D eigenvalue weighted by Gasteiger charge is -2.22. The van der Waals surface area contributed by atoms with E-state index in [1.165, 1.54) is 44.2 Å². The molecular weight excluding hydrogens is 230 g/mol. The zero-order valence-corrected chi connectivity index (χ0v) is 13.2. The monoisotopic (exact) mass is 257 g/mol. The lowest BCUT2D eigenvalue weighted by atomic mass is 10.2. The molecule has 0 radical (unpaired) electrons. The summed E-state index contributed by atoms with van der Waals surface area (Å²) in [6, 6.07) is 0. The molecule has 0 amide bonds. The van der Waals surface area contributed by atoms with E-state index in [1.807, 2.05) is 0 Å². The molecule has 0 saturated heterocycles. The van der Waals surface area contributed by atoms with Crippen LogP contribution in [0.3, 0.4) is 0 Å². The van der Waals surface area contributed by atoms with Gasteiger partial charge in [-0.2, -0.15) is 11.2 Å². The Hall–Kier alpha value is 0.237. The molecule has 94 valence electrons. The molecule has 0 aromatic carbocycles. The Morgan fingerprint density at radius 3 is 2.38 bits per heavy atom. The molecule has 1 aliphatic rings. The third kappa shape index (κ3) is 6.09. The second-order valence-electron chi connectivity index (χ2n) is 5.70. The predicted octanol–water partition coefficient (Wildman–Crippen LogP) is 4.74. The molecule has 0 heterocycles. The predicted molar refractivity (Wildman–Crippen MR) is 80.4 cm³/mol. The Morgan fingerprint density at radius 2 is 1.88 bits per heavy atom. The summed E-state index contributed by atoms with van der Waals surface area (Å²) in [6.07, 6.45) is 7.89. The maximum absolute atomic E-state index is 4.76. The van der Waals surface area contributed by atoms with Crippen LogP contribution in [0, 0.1) is 0 Å². The summed E-state index contributed by atoms with van der Waals surface area (Å²) in [5, 5.41) is 0.845. The molecular formula is C13H27NSSi. The minimum Gasteiger partial charge on any atom is -0.294 e. The van der Waals surface area contributed by atoms with Crippen LogP contribution in [-0.2, 0) is 0 Å². The van der Waals surface area contributed by atoms with Crippen LogP contribution in [0.4, 0.5) is 0 Å². The topological polar surface area (TPSA) is 12.4 Å². The number of nitrogens with zero attached hydrogens (tertiary/aromatic N) is 1. The SMILES string of the molecule is CCC(CCN=C1CCCC1)S[Si](C)(C)C. The highest BCUT2D eigenvalue weighted by atomic mass is 32.4. The summed E-state index contributed by atoms with van der Waals surface area (Å²) in [5.74, 6) is 0. The van der Waals surface area contributed by atoms with Crippen LogP contribution in [-0.4, -0.2) is 24.7 Å². The largest absolute Gasteiger partial charge is 0.294 e. The molecule has 0 spiro atoms. The standard InChI is InChI=1S/C13H27NSSi/c1-5-13(15-16(2,3)4)10-11-14-12-8-6-7-9-12/h13H,5-11H2,1-4H3. The molecule has 1 aliphatic carbocycles. The molecule has 0 aliphatic heterocycles. The minimum atomic E-state index is -0.955. The summed E-state index contributed by atoms with van der Waals surface area (Å²) in [7, 11) is -0.955. The van der Waals surface area contributed by atoms with E-state index in [0.29, 0.717) is 0 Å². The molecule has 16 heavy (non-hydrogen) atoms. The van der Waals surface area contributed by atoms with E-state index in [9.17, 15) is 0 Å². The molecule has 1 saturated carbocycles. The molecule has 1 nitrogen and oxygen atoms in total. The summed E-state index contributed by atoms with van der Waals surface area (Å²) in [5.41, 5.74) is 1.49. The van der Waals surface area contributed by atoms with E-state index in [1.54, 1.807) is 0 Å². The molecule has 0 N–H and O–H groups in total. The first-order valence-corrected chi connectivity index (χ1v) is 11.8. The van der Waals surface area contributed by atoms with Crippen molar-refractivity contribution < 1.29 is 0 Å². The highest BCUT2D eigenvalue weighted by Gasteiger charge is 2.19. The maximum Gasteiger partial charge on any atom is 0.108 e. The Labute approximate surface area is 106 Å². The lowest BCUT2D eigenvalue weighted by molar-refractivity contribution is 0.748. The lowest BCUT2D eigenvalue weighted by Crippen LogP contribution is -2.20. The van der Waals surface area contributed by atoms with Crippen molar-refractivity contribution in [1.82, 2.24) is 0 Å². The first-order valence-electron chi connectivity index (χ1n) is 6.71. The van der Waals surface area contributed by atoms with E-state index >= 15 is 0 Å². The molecule has 0 bridgehead atoms. The van der Waals surface area contributed by atoms with E-state index < -0.39 is 7.22 Å². The number of aliphatic imine (C=N–C) groups is 1. The van der Waals surface area contributed by atoms with Crippen LogP contribution in [0.15, 0.2) is 4.99 Å². The Balaban J connectivity index is 2.25. The average molecular weight is 258 g/mol. The zero-order chi connectivity index (χ0) is 12.0. The number of hydrogen-bond acceptors (Lipinski definition) is 2. The summed E-state index contributed by atoms with van der Waals surface area (Å²) >= 11 is 2.25. The first kappa shape index (κ1) is 14.3. The van der Waals surface area contributed by atoms with Gasteiger partial charge in [0.2, 0.25) is 0 Å². The highest BCUT2D eigenvalue weighted by Crippen LogP contribution is 2.28. The maximum atomic E-state index is 4.76. The highest BCUT2D eigenvalue weighted by molar-refractivity contribution is 8.29. The van der Waals surface area contributed by atoms with E-state index in [4.69, 9.17) is 4.99 Å². The van der Waals surface area contributed by atoms with Gasteiger partial charge in [0.25, 0.3) is 0 Å². The summed E-state index contributed by atoms with van der Waals surface area (Å²) < 4.78 is 0. The third-order valence-electron chi connectivity index (χ3n) is 2.94. The zero-order valence-electron chi connectivity index (χ0n) is 11.4. The van der Waals surface area contributed by atoms with Gasteiger partial charge in [-0.1, -0.05) is 26.6 Å². The van der Waals surface area contributed by atoms with Crippen LogP contribution >= 0.6 is 11.2 Å². The van der Waals surface area contributed by atoms with Crippen LogP contribution in [0.25, 0.3) is 0 Å². The molecule has 1 fully saturated rings. The fraction of sp³-hybridized carbons (Fsp3) is 0.923. The number of rotatable bonds is 6. The second kappa shape index (κ2) is 6.85. The van der Waals surface area contributed by atoms with Crippen LogP contribution in [0.1, 0.15) is 45.4 Å². The molecule has 0 aromatic heterocycles. The minimum absolute atomic E-state index is 0.845. The average Bonchev–Trinajstić information content (AvgIpc) is 2.67. The van der Waals surface area contributed by atoms with Crippen molar-refractivity contribution in [3.05, 3.63) is 0 Å². The number of hydrogen-bond donors (Lipinski definition) is 0. The van der Waals surface area contributed by atoms with Crippen molar-refractivity contribution in [2.24, 2.45) is 4.99 Å². The van der Waals surface area contributed by atoms with Gasteiger partial charge in [0.05, 0.1) is 0 Å². The molecule has 0 aromatic rings. The van der Waals surface area contributed by atoms with Crippen LogP contribution in [0.5, 0.6) is 0 Å². The van der Waals surface area contributed by atoms with Gasteiger partial charge in [-0.15, -0.1) is 0 Å².